The number of nitrogens with zero attached hydrogens (tertiary/aromatic N) is 1. The maximum Gasteiger partial charge on any atom is 0.0991 e. The molecule has 186 valence electrons. The molecule has 5 aromatic rings. The van der Waals surface area contributed by atoms with Crippen LogP contribution in [-0.4, -0.2) is 0 Å². The van der Waals surface area contributed by atoms with Gasteiger partial charge in [-0.1, -0.05) is 127 Å². The molecule has 5 aromatic carbocycles. The Morgan fingerprint density at radius 2 is 1.02 bits per heavy atom. The highest BCUT2D eigenvalue weighted by Gasteiger charge is 2.41. The van der Waals surface area contributed by atoms with Crippen molar-refractivity contribution in [3.05, 3.63) is 167 Å². The van der Waals surface area contributed by atoms with Crippen LogP contribution in [0.1, 0.15) is 27.8 Å². The summed E-state index contributed by atoms with van der Waals surface area (Å²) >= 11 is 0. The van der Waals surface area contributed by atoms with Gasteiger partial charge in [-0.3, -0.25) is 0 Å². The smallest absolute Gasteiger partial charge is 0.0991 e. The van der Waals surface area contributed by atoms with Gasteiger partial charge in [0.2, 0.25) is 0 Å². The van der Waals surface area contributed by atoms with E-state index in [9.17, 15) is 5.26 Å². The lowest BCUT2D eigenvalue weighted by Gasteiger charge is -2.37. The molecular formula is C39H25N. The van der Waals surface area contributed by atoms with Gasteiger partial charge in [0.15, 0.2) is 0 Å². The summed E-state index contributed by atoms with van der Waals surface area (Å²) < 4.78 is 0. The first-order valence-electron chi connectivity index (χ1n) is 13.8. The van der Waals surface area contributed by atoms with E-state index in [-0.39, 0.29) is 11.8 Å². The van der Waals surface area contributed by atoms with E-state index < -0.39 is 0 Å². The molecule has 0 heterocycles. The van der Waals surface area contributed by atoms with Gasteiger partial charge < -0.3 is 0 Å². The summed E-state index contributed by atoms with van der Waals surface area (Å²) in [5, 5.41) is 11.9. The molecule has 3 aliphatic rings. The molecule has 8 rings (SSSR count). The molecule has 0 saturated carbocycles. The molecule has 0 aromatic heterocycles. The van der Waals surface area contributed by atoms with E-state index in [1.54, 1.807) is 0 Å². The van der Waals surface area contributed by atoms with Gasteiger partial charge in [-0.2, -0.15) is 5.26 Å². The summed E-state index contributed by atoms with van der Waals surface area (Å²) in [7, 11) is 0. The van der Waals surface area contributed by atoms with Crippen LogP contribution in [0.25, 0.3) is 44.2 Å². The van der Waals surface area contributed by atoms with Crippen LogP contribution in [0.2, 0.25) is 0 Å². The molecule has 0 amide bonds. The normalized spacial score (nSPS) is 18.6. The summed E-state index contributed by atoms with van der Waals surface area (Å²) in [5.41, 5.74) is 13.7. The monoisotopic (exact) mass is 507 g/mol. The third-order valence-corrected chi connectivity index (χ3v) is 8.66. The fraction of sp³-hybridized carbons (Fsp3) is 0.0513. The molecule has 0 saturated heterocycles. The third-order valence-electron chi connectivity index (χ3n) is 8.66. The number of rotatable bonds is 3. The highest BCUT2D eigenvalue weighted by atomic mass is 14.4. The number of benzene rings is 5. The molecule has 0 radical (unpaired) electrons. The van der Waals surface area contributed by atoms with Crippen LogP contribution in [0.4, 0.5) is 0 Å². The van der Waals surface area contributed by atoms with Crippen molar-refractivity contribution in [1.82, 2.24) is 0 Å². The largest absolute Gasteiger partial charge is 0.192 e. The fourth-order valence-corrected chi connectivity index (χ4v) is 7.03. The van der Waals surface area contributed by atoms with Gasteiger partial charge in [-0.25, -0.2) is 0 Å². The second-order valence-electron chi connectivity index (χ2n) is 10.7. The van der Waals surface area contributed by atoms with E-state index in [4.69, 9.17) is 0 Å². The Balaban J connectivity index is 1.51. The minimum absolute atomic E-state index is 0.254. The minimum Gasteiger partial charge on any atom is -0.192 e. The molecule has 1 nitrogen and oxygen atoms in total. The Morgan fingerprint density at radius 1 is 0.475 bits per heavy atom. The van der Waals surface area contributed by atoms with Gasteiger partial charge >= 0.3 is 0 Å². The second kappa shape index (κ2) is 8.94. The standard InChI is InChI=1S/C39H25N/c40-24-25-18-20-26(21-19-25)29-22-23-34-37-30(29)16-9-17-33(37)38-35(27-10-3-1-4-11-27)31-14-7-8-15-32(31)36(39(34)38)28-12-5-2-6-13-28/h1-23,31-32H. The average Bonchev–Trinajstić information content (AvgIpc) is 3.36. The Hall–Kier alpha value is -5.19. The van der Waals surface area contributed by atoms with Gasteiger partial charge in [0.25, 0.3) is 0 Å². The maximum atomic E-state index is 9.33. The van der Waals surface area contributed by atoms with Crippen LogP contribution in [0.5, 0.6) is 0 Å². The highest BCUT2D eigenvalue weighted by Crippen LogP contribution is 2.60. The van der Waals surface area contributed by atoms with Crippen LogP contribution < -0.4 is 0 Å². The molecule has 2 atom stereocenters. The Bertz CT molecular complexity index is 1890. The first-order valence-corrected chi connectivity index (χ1v) is 13.8. The lowest BCUT2D eigenvalue weighted by molar-refractivity contribution is 0.699. The fourth-order valence-electron chi connectivity index (χ4n) is 7.03. The molecule has 0 aliphatic heterocycles. The van der Waals surface area contributed by atoms with Crippen molar-refractivity contribution in [2.45, 2.75) is 0 Å². The van der Waals surface area contributed by atoms with Crippen molar-refractivity contribution >= 4 is 33.1 Å². The number of fused-ring (bicyclic) bond motifs is 4. The van der Waals surface area contributed by atoms with Crippen LogP contribution in [0.3, 0.4) is 0 Å². The molecule has 3 aliphatic carbocycles. The van der Waals surface area contributed by atoms with Crippen molar-refractivity contribution in [2.24, 2.45) is 11.8 Å². The van der Waals surface area contributed by atoms with Crippen molar-refractivity contribution in [2.75, 3.05) is 0 Å². The summed E-state index contributed by atoms with van der Waals surface area (Å²) in [5.74, 6) is 0.507. The van der Waals surface area contributed by atoms with Crippen molar-refractivity contribution < 1.29 is 0 Å². The third kappa shape index (κ3) is 3.27. The second-order valence-corrected chi connectivity index (χ2v) is 10.7. The van der Waals surface area contributed by atoms with Crippen LogP contribution in [0.15, 0.2) is 140 Å². The zero-order valence-electron chi connectivity index (χ0n) is 21.9. The van der Waals surface area contributed by atoms with Crippen molar-refractivity contribution in [3.8, 4) is 17.2 Å². The van der Waals surface area contributed by atoms with Gasteiger partial charge in [0, 0.05) is 11.8 Å². The minimum atomic E-state index is 0.254. The summed E-state index contributed by atoms with van der Waals surface area (Å²) in [6.07, 6.45) is 9.21. The van der Waals surface area contributed by atoms with E-state index in [0.29, 0.717) is 5.56 Å². The summed E-state index contributed by atoms with van der Waals surface area (Å²) in [6.45, 7) is 0. The number of hydrogen-bond donors (Lipinski definition) is 0. The average molecular weight is 508 g/mol. The van der Waals surface area contributed by atoms with E-state index in [2.05, 4.69) is 134 Å². The number of allylic oxidation sites excluding steroid dienone is 8. The van der Waals surface area contributed by atoms with E-state index >= 15 is 0 Å². The Morgan fingerprint density at radius 3 is 1.60 bits per heavy atom. The van der Waals surface area contributed by atoms with Crippen molar-refractivity contribution in [1.29, 1.82) is 5.26 Å². The van der Waals surface area contributed by atoms with Gasteiger partial charge in [-0.05, 0) is 78.6 Å². The topological polar surface area (TPSA) is 23.8 Å². The Labute approximate surface area is 234 Å². The summed E-state index contributed by atoms with van der Waals surface area (Å²) in [4.78, 5) is 0. The zero-order valence-corrected chi connectivity index (χ0v) is 21.9. The van der Waals surface area contributed by atoms with Gasteiger partial charge in [0.1, 0.15) is 0 Å². The quantitative estimate of drug-likeness (QED) is 0.238. The molecule has 2 unspecified atom stereocenters. The lowest BCUT2D eigenvalue weighted by Crippen LogP contribution is -2.22. The molecule has 0 spiro atoms. The zero-order chi connectivity index (χ0) is 26.6. The molecule has 40 heavy (non-hydrogen) atoms. The predicted octanol–water partition coefficient (Wildman–Crippen LogP) is 9.59. The molecule has 0 bridgehead atoms. The van der Waals surface area contributed by atoms with E-state index in [0.717, 1.165) is 5.56 Å². The molecule has 0 fully saturated rings. The van der Waals surface area contributed by atoms with Gasteiger partial charge in [-0.15, -0.1) is 0 Å². The van der Waals surface area contributed by atoms with Crippen LogP contribution in [0, 0.1) is 23.2 Å². The van der Waals surface area contributed by atoms with Crippen LogP contribution in [-0.2, 0) is 0 Å². The lowest BCUT2D eigenvalue weighted by atomic mass is 9.66. The SMILES string of the molecule is N#Cc1ccc(-c2ccc3c4c(cccc24)C2=C(c4ccccc4)C4C=CC=CC4C(c4ccccc4)=C23)cc1. The molecule has 0 N–H and O–H groups in total. The Kier molecular flexibility index (Phi) is 5.09. The van der Waals surface area contributed by atoms with E-state index in [1.165, 1.54) is 60.9 Å². The van der Waals surface area contributed by atoms with Gasteiger partial charge in [0.05, 0.1) is 11.6 Å². The maximum absolute atomic E-state index is 9.33. The highest BCUT2D eigenvalue weighted by molar-refractivity contribution is 6.34. The first-order chi connectivity index (χ1) is 19.8. The van der Waals surface area contributed by atoms with Crippen molar-refractivity contribution in [3.63, 3.8) is 0 Å². The van der Waals surface area contributed by atoms with Crippen LogP contribution >= 0.6 is 0 Å². The predicted molar refractivity (Wildman–Crippen MR) is 166 cm³/mol. The molecular weight excluding hydrogens is 482 g/mol. The number of hydrogen-bond acceptors (Lipinski definition) is 1. The molecule has 1 heteroatoms. The van der Waals surface area contributed by atoms with E-state index in [1.807, 2.05) is 12.1 Å². The first kappa shape index (κ1) is 22.8. The summed E-state index contributed by atoms with van der Waals surface area (Å²) in [6, 6.07) is 43.5. The number of nitriles is 1.